The average molecular weight is 1040 g/mol. The van der Waals surface area contributed by atoms with Gasteiger partial charge in [0.2, 0.25) is 0 Å². The van der Waals surface area contributed by atoms with Gasteiger partial charge < -0.3 is 14.2 Å². The van der Waals surface area contributed by atoms with E-state index in [9.17, 15) is 14.4 Å². The van der Waals surface area contributed by atoms with Gasteiger partial charge in [0.05, 0.1) is 0 Å². The Kier molecular flexibility index (Phi) is 58.4. The highest BCUT2D eigenvalue weighted by Crippen LogP contribution is 2.15. The van der Waals surface area contributed by atoms with E-state index in [-0.39, 0.29) is 37.5 Å². The van der Waals surface area contributed by atoms with Crippen molar-refractivity contribution in [1.82, 2.24) is 0 Å². The molecule has 0 aliphatic carbocycles. The fourth-order valence-corrected chi connectivity index (χ4v) is 8.13. The SMILES string of the molecule is CC/C=C\C/C=C\C/C=C\C/C=C\C/C=C\C/C=C\C/C=C\CCCC(=O)OCC(COC(=O)CCCCCCCCCCCCC)OC(=O)CCCCCCCCCCCC/C=C\C/C=C\C/C=C\C/C=C\CC. The molecule has 0 N–H and O–H groups in total. The predicted molar refractivity (Wildman–Crippen MR) is 325 cm³/mol. The molecule has 0 heterocycles. The van der Waals surface area contributed by atoms with E-state index < -0.39 is 6.10 Å². The Hall–Kier alpha value is -4.45. The number of ether oxygens (including phenoxy) is 3. The van der Waals surface area contributed by atoms with Gasteiger partial charge in [0.15, 0.2) is 6.10 Å². The number of hydrogen-bond donors (Lipinski definition) is 0. The van der Waals surface area contributed by atoms with Crippen molar-refractivity contribution in [2.24, 2.45) is 0 Å². The third kappa shape index (κ3) is 60.3. The minimum Gasteiger partial charge on any atom is -0.462 e. The monoisotopic (exact) mass is 1040 g/mol. The molecule has 0 radical (unpaired) electrons. The fraction of sp³-hybridized carbons (Fsp3) is 0.638. The van der Waals surface area contributed by atoms with E-state index in [4.69, 9.17) is 14.2 Å². The van der Waals surface area contributed by atoms with Gasteiger partial charge >= 0.3 is 17.9 Å². The highest BCUT2D eigenvalue weighted by molar-refractivity contribution is 5.71. The molecule has 0 aliphatic heterocycles. The van der Waals surface area contributed by atoms with Gasteiger partial charge in [-0.2, -0.15) is 0 Å². The Morgan fingerprint density at radius 2 is 0.533 bits per heavy atom. The van der Waals surface area contributed by atoms with E-state index in [1.54, 1.807) is 0 Å². The number of rotatable bonds is 54. The van der Waals surface area contributed by atoms with Crippen molar-refractivity contribution in [3.05, 3.63) is 134 Å². The smallest absolute Gasteiger partial charge is 0.306 e. The van der Waals surface area contributed by atoms with Crippen molar-refractivity contribution in [2.45, 2.75) is 271 Å². The molecule has 0 aliphatic rings. The highest BCUT2D eigenvalue weighted by atomic mass is 16.6. The van der Waals surface area contributed by atoms with Gasteiger partial charge in [-0.15, -0.1) is 0 Å². The van der Waals surface area contributed by atoms with Crippen molar-refractivity contribution in [3.63, 3.8) is 0 Å². The lowest BCUT2D eigenvalue weighted by atomic mass is 10.0. The van der Waals surface area contributed by atoms with Crippen LogP contribution < -0.4 is 0 Å². The summed E-state index contributed by atoms with van der Waals surface area (Å²) in [6.45, 7) is 6.36. The summed E-state index contributed by atoms with van der Waals surface area (Å²) in [5.74, 6) is -0.966. The molecule has 0 fully saturated rings. The van der Waals surface area contributed by atoms with Crippen LogP contribution in [0.25, 0.3) is 0 Å². The van der Waals surface area contributed by atoms with Crippen molar-refractivity contribution in [3.8, 4) is 0 Å². The topological polar surface area (TPSA) is 78.9 Å². The van der Waals surface area contributed by atoms with Gasteiger partial charge in [-0.05, 0) is 109 Å². The van der Waals surface area contributed by atoms with Gasteiger partial charge in [0.25, 0.3) is 0 Å². The molecule has 0 spiro atoms. The Bertz CT molecular complexity index is 1620. The number of allylic oxidation sites excluding steroid dienone is 22. The molecule has 75 heavy (non-hydrogen) atoms. The lowest BCUT2D eigenvalue weighted by molar-refractivity contribution is -0.167. The predicted octanol–water partition coefficient (Wildman–Crippen LogP) is 21.0. The molecular formula is C69H112O6. The maximum absolute atomic E-state index is 12.9. The molecular weight excluding hydrogens is 925 g/mol. The highest BCUT2D eigenvalue weighted by Gasteiger charge is 2.19. The van der Waals surface area contributed by atoms with E-state index in [1.165, 1.54) is 103 Å². The van der Waals surface area contributed by atoms with Crippen LogP contribution in [0.3, 0.4) is 0 Å². The van der Waals surface area contributed by atoms with E-state index in [2.05, 4.69) is 154 Å². The van der Waals surface area contributed by atoms with Crippen LogP contribution in [-0.2, 0) is 28.6 Å². The number of unbranched alkanes of at least 4 members (excludes halogenated alkanes) is 21. The molecule has 0 saturated heterocycles. The van der Waals surface area contributed by atoms with Crippen LogP contribution in [0.4, 0.5) is 0 Å². The molecule has 0 bridgehead atoms. The molecule has 6 heteroatoms. The first-order valence-corrected chi connectivity index (χ1v) is 30.7. The third-order valence-electron chi connectivity index (χ3n) is 12.7. The molecule has 0 amide bonds. The molecule has 1 unspecified atom stereocenters. The van der Waals surface area contributed by atoms with E-state index in [0.717, 1.165) is 116 Å². The van der Waals surface area contributed by atoms with Crippen LogP contribution in [0.2, 0.25) is 0 Å². The van der Waals surface area contributed by atoms with Crippen molar-refractivity contribution in [2.75, 3.05) is 13.2 Å². The zero-order valence-electron chi connectivity index (χ0n) is 48.5. The summed E-state index contributed by atoms with van der Waals surface area (Å²) in [7, 11) is 0. The molecule has 0 aromatic carbocycles. The molecule has 424 valence electrons. The summed E-state index contributed by atoms with van der Waals surface area (Å²) in [6.07, 6.45) is 87.4. The van der Waals surface area contributed by atoms with Crippen molar-refractivity contribution < 1.29 is 28.6 Å². The molecule has 0 saturated carbocycles. The Balaban J connectivity index is 4.43. The van der Waals surface area contributed by atoms with Gasteiger partial charge in [-0.25, -0.2) is 0 Å². The van der Waals surface area contributed by atoms with Crippen LogP contribution in [0.5, 0.6) is 0 Å². The van der Waals surface area contributed by atoms with Crippen molar-refractivity contribution >= 4 is 17.9 Å². The summed E-state index contributed by atoms with van der Waals surface area (Å²) in [6, 6.07) is 0. The normalized spacial score (nSPS) is 13.1. The van der Waals surface area contributed by atoms with Gasteiger partial charge in [0.1, 0.15) is 13.2 Å². The van der Waals surface area contributed by atoms with Crippen LogP contribution in [0.15, 0.2) is 134 Å². The minimum atomic E-state index is -0.807. The summed E-state index contributed by atoms with van der Waals surface area (Å²) in [5.41, 5.74) is 0. The Labute approximate surface area is 462 Å². The van der Waals surface area contributed by atoms with E-state index in [1.807, 2.05) is 0 Å². The van der Waals surface area contributed by atoms with Gasteiger partial charge in [0, 0.05) is 19.3 Å². The standard InChI is InChI=1S/C69H112O6/c1-4-7-10-13-16-19-22-24-26-28-30-32-34-36-38-40-42-44-47-50-53-56-59-62-68(71)74-65-66(64-73-67(70)61-58-55-52-49-46-21-18-15-12-9-6-3)75-69(72)63-60-57-54-51-48-45-43-41-39-37-35-33-31-29-27-25-23-20-17-14-11-8-5-2/h7-8,10-11,16-17,19-20,24-27,30-33,36,38,42,44,50,53,66H,4-6,9,12-15,18,21-23,28-29,34-35,37,39-41,43,45-49,51-52,54-65H2,1-3H3/b10-7-,11-8-,19-16-,20-17-,26-24-,27-25-,32-30-,33-31-,38-36-,44-42-,53-50-. The second kappa shape index (κ2) is 62.1. The number of carbonyl (C=O) groups is 3. The molecule has 6 nitrogen and oxygen atoms in total. The second-order valence-corrected chi connectivity index (χ2v) is 19.9. The van der Waals surface area contributed by atoms with E-state index in [0.29, 0.717) is 19.3 Å². The van der Waals surface area contributed by atoms with Crippen LogP contribution in [0.1, 0.15) is 265 Å². The van der Waals surface area contributed by atoms with E-state index >= 15 is 0 Å². The average Bonchev–Trinajstić information content (AvgIpc) is 3.41. The fourth-order valence-electron chi connectivity index (χ4n) is 8.13. The zero-order chi connectivity index (χ0) is 54.3. The summed E-state index contributed by atoms with van der Waals surface area (Å²) in [5, 5.41) is 0. The lowest BCUT2D eigenvalue weighted by Gasteiger charge is -2.18. The lowest BCUT2D eigenvalue weighted by Crippen LogP contribution is -2.30. The Morgan fingerprint density at radius 3 is 0.867 bits per heavy atom. The molecule has 1 atom stereocenters. The molecule has 0 aromatic heterocycles. The summed E-state index contributed by atoms with van der Waals surface area (Å²) < 4.78 is 16.8. The molecule has 0 rings (SSSR count). The van der Waals surface area contributed by atoms with Crippen LogP contribution >= 0.6 is 0 Å². The summed E-state index contributed by atoms with van der Waals surface area (Å²) in [4.78, 5) is 38.2. The largest absolute Gasteiger partial charge is 0.462 e. The maximum Gasteiger partial charge on any atom is 0.306 e. The van der Waals surface area contributed by atoms with Crippen LogP contribution in [0, 0.1) is 0 Å². The first kappa shape index (κ1) is 70.5. The quantitative estimate of drug-likeness (QED) is 0.0261. The van der Waals surface area contributed by atoms with Gasteiger partial charge in [-0.1, -0.05) is 270 Å². The minimum absolute atomic E-state index is 0.0996. The first-order valence-electron chi connectivity index (χ1n) is 30.7. The second-order valence-electron chi connectivity index (χ2n) is 19.9. The summed E-state index contributed by atoms with van der Waals surface area (Å²) >= 11 is 0. The number of hydrogen-bond acceptors (Lipinski definition) is 6. The number of carbonyl (C=O) groups excluding carboxylic acids is 3. The number of esters is 3. The maximum atomic E-state index is 12.9. The van der Waals surface area contributed by atoms with Crippen molar-refractivity contribution in [1.29, 1.82) is 0 Å². The first-order chi connectivity index (χ1) is 37.0. The third-order valence-corrected chi connectivity index (χ3v) is 12.7. The van der Waals surface area contributed by atoms with Crippen LogP contribution in [-0.4, -0.2) is 37.2 Å². The molecule has 0 aromatic rings. The Morgan fingerprint density at radius 1 is 0.280 bits per heavy atom. The van der Waals surface area contributed by atoms with Gasteiger partial charge in [-0.3, -0.25) is 14.4 Å². The zero-order valence-corrected chi connectivity index (χ0v) is 48.5.